The molecule has 1 saturated heterocycles. The quantitative estimate of drug-likeness (QED) is 0.778. The predicted molar refractivity (Wildman–Crippen MR) is 104 cm³/mol. The van der Waals surface area contributed by atoms with Crippen molar-refractivity contribution in [2.24, 2.45) is 0 Å². The molecular formula is C21H28N4O2. The molecule has 0 atom stereocenters. The highest BCUT2D eigenvalue weighted by Crippen LogP contribution is 2.13. The Balaban J connectivity index is 1.31. The zero-order chi connectivity index (χ0) is 18.9. The number of hydrogen-bond acceptors (Lipinski definition) is 3. The van der Waals surface area contributed by atoms with Gasteiger partial charge in [-0.05, 0) is 37.3 Å². The molecule has 1 aromatic carbocycles. The Morgan fingerprint density at radius 3 is 2.56 bits per heavy atom. The Morgan fingerprint density at radius 1 is 1.07 bits per heavy atom. The molecule has 1 fully saturated rings. The first-order chi connectivity index (χ1) is 13.2. The number of nitrogens with zero attached hydrogens (tertiary/aromatic N) is 3. The maximum atomic E-state index is 12.3. The molecule has 0 spiro atoms. The second-order valence-electron chi connectivity index (χ2n) is 7.08. The van der Waals surface area contributed by atoms with Crippen LogP contribution in [0.15, 0.2) is 48.8 Å². The van der Waals surface area contributed by atoms with Gasteiger partial charge in [0.05, 0.1) is 0 Å². The van der Waals surface area contributed by atoms with Crippen LogP contribution < -0.4 is 5.32 Å². The molecule has 6 nitrogen and oxygen atoms in total. The van der Waals surface area contributed by atoms with Gasteiger partial charge in [0, 0.05) is 50.9 Å². The van der Waals surface area contributed by atoms with Crippen LogP contribution in [0.5, 0.6) is 0 Å². The fourth-order valence-electron chi connectivity index (χ4n) is 3.46. The van der Waals surface area contributed by atoms with E-state index in [9.17, 15) is 9.59 Å². The number of benzene rings is 1. The third kappa shape index (κ3) is 6.24. The van der Waals surface area contributed by atoms with Gasteiger partial charge < -0.3 is 10.2 Å². The molecule has 144 valence electrons. The Hall–Kier alpha value is -2.63. The maximum absolute atomic E-state index is 12.3. The number of aryl methyl sites for hydroxylation is 2. The van der Waals surface area contributed by atoms with E-state index in [1.807, 2.05) is 52.2 Å². The van der Waals surface area contributed by atoms with Crippen LogP contribution in [0.3, 0.4) is 0 Å². The van der Waals surface area contributed by atoms with Gasteiger partial charge in [-0.1, -0.05) is 30.3 Å². The summed E-state index contributed by atoms with van der Waals surface area (Å²) in [5.74, 6) is 0.305. The zero-order valence-electron chi connectivity index (χ0n) is 15.7. The Labute approximate surface area is 160 Å². The van der Waals surface area contributed by atoms with Gasteiger partial charge in [-0.15, -0.1) is 0 Å². The highest BCUT2D eigenvalue weighted by molar-refractivity contribution is 5.77. The molecule has 1 aromatic heterocycles. The summed E-state index contributed by atoms with van der Waals surface area (Å²) >= 11 is 0. The second-order valence-corrected chi connectivity index (χ2v) is 7.08. The van der Waals surface area contributed by atoms with Gasteiger partial charge in [0.1, 0.15) is 0 Å². The van der Waals surface area contributed by atoms with E-state index in [1.165, 1.54) is 5.56 Å². The van der Waals surface area contributed by atoms with Crippen LogP contribution in [-0.2, 0) is 22.6 Å². The molecule has 1 aliphatic heterocycles. The summed E-state index contributed by atoms with van der Waals surface area (Å²) in [4.78, 5) is 26.4. The molecule has 0 unspecified atom stereocenters. The number of amides is 2. The molecule has 1 N–H and O–H groups in total. The third-order valence-corrected chi connectivity index (χ3v) is 5.03. The zero-order valence-corrected chi connectivity index (χ0v) is 15.7. The van der Waals surface area contributed by atoms with Crippen LogP contribution in [0.25, 0.3) is 0 Å². The minimum atomic E-state index is 0.0999. The van der Waals surface area contributed by atoms with Crippen molar-refractivity contribution >= 4 is 11.8 Å². The minimum absolute atomic E-state index is 0.0999. The van der Waals surface area contributed by atoms with Crippen LogP contribution in [0.2, 0.25) is 0 Å². The molecule has 3 rings (SSSR count). The van der Waals surface area contributed by atoms with Gasteiger partial charge in [0.15, 0.2) is 0 Å². The summed E-state index contributed by atoms with van der Waals surface area (Å²) < 4.78 is 1.85. The first-order valence-electron chi connectivity index (χ1n) is 9.79. The number of carbonyl (C=O) groups excluding carboxylic acids is 2. The van der Waals surface area contributed by atoms with Crippen molar-refractivity contribution in [2.75, 3.05) is 13.1 Å². The number of rotatable bonds is 8. The Bertz CT molecular complexity index is 707. The van der Waals surface area contributed by atoms with Crippen molar-refractivity contribution in [3.8, 4) is 0 Å². The van der Waals surface area contributed by atoms with Crippen molar-refractivity contribution in [1.29, 1.82) is 0 Å². The monoisotopic (exact) mass is 368 g/mol. The van der Waals surface area contributed by atoms with Crippen LogP contribution >= 0.6 is 0 Å². The van der Waals surface area contributed by atoms with E-state index in [2.05, 4.69) is 10.4 Å². The van der Waals surface area contributed by atoms with E-state index in [-0.39, 0.29) is 17.9 Å². The van der Waals surface area contributed by atoms with Crippen LogP contribution in [0.4, 0.5) is 0 Å². The lowest BCUT2D eigenvalue weighted by Gasteiger charge is -2.32. The standard InChI is InChI=1S/C21H28N4O2/c26-20(10-9-18-6-2-1-3-7-18)23-19-11-16-24(17-12-19)21(27)8-4-14-25-15-5-13-22-25/h1-3,5-7,13,15,19H,4,8-12,14,16-17H2,(H,23,26). The molecule has 2 aromatic rings. The smallest absolute Gasteiger partial charge is 0.222 e. The average molecular weight is 368 g/mol. The summed E-state index contributed by atoms with van der Waals surface area (Å²) in [6.45, 7) is 2.22. The SMILES string of the molecule is O=C(CCc1ccccc1)NC1CCN(C(=O)CCCn2cccn2)CC1. The highest BCUT2D eigenvalue weighted by atomic mass is 16.2. The van der Waals surface area contributed by atoms with Crippen molar-refractivity contribution in [3.63, 3.8) is 0 Å². The predicted octanol–water partition coefficient (Wildman–Crippen LogP) is 2.40. The van der Waals surface area contributed by atoms with Gasteiger partial charge >= 0.3 is 0 Å². The molecule has 0 aliphatic carbocycles. The molecule has 0 radical (unpaired) electrons. The molecular weight excluding hydrogens is 340 g/mol. The largest absolute Gasteiger partial charge is 0.353 e. The van der Waals surface area contributed by atoms with Crippen LogP contribution in [-0.4, -0.2) is 45.6 Å². The first-order valence-corrected chi connectivity index (χ1v) is 9.79. The fraction of sp³-hybridized carbons (Fsp3) is 0.476. The molecule has 2 amide bonds. The van der Waals surface area contributed by atoms with Crippen molar-refractivity contribution in [3.05, 3.63) is 54.4 Å². The van der Waals surface area contributed by atoms with E-state index in [1.54, 1.807) is 6.20 Å². The van der Waals surface area contributed by atoms with Gasteiger partial charge in [0.2, 0.25) is 11.8 Å². The van der Waals surface area contributed by atoms with Crippen LogP contribution in [0, 0.1) is 0 Å². The summed E-state index contributed by atoms with van der Waals surface area (Å²) in [5, 5.41) is 7.27. The van der Waals surface area contributed by atoms with Gasteiger partial charge in [-0.25, -0.2) is 0 Å². The normalized spacial score (nSPS) is 14.9. The van der Waals surface area contributed by atoms with E-state index >= 15 is 0 Å². The van der Waals surface area contributed by atoms with Gasteiger partial charge in [-0.3, -0.25) is 14.3 Å². The van der Waals surface area contributed by atoms with Crippen LogP contribution in [0.1, 0.15) is 37.7 Å². The lowest BCUT2D eigenvalue weighted by atomic mass is 10.0. The van der Waals surface area contributed by atoms with E-state index in [0.29, 0.717) is 12.8 Å². The van der Waals surface area contributed by atoms with Crippen molar-refractivity contribution in [1.82, 2.24) is 20.0 Å². The minimum Gasteiger partial charge on any atom is -0.353 e. The maximum Gasteiger partial charge on any atom is 0.222 e. The number of aromatic nitrogens is 2. The summed E-state index contributed by atoms with van der Waals surface area (Å²) in [7, 11) is 0. The van der Waals surface area contributed by atoms with Gasteiger partial charge in [-0.2, -0.15) is 5.10 Å². The van der Waals surface area contributed by atoms with Gasteiger partial charge in [0.25, 0.3) is 0 Å². The molecule has 6 heteroatoms. The average Bonchev–Trinajstić information content (AvgIpc) is 3.21. The number of likely N-dealkylation sites (tertiary alicyclic amines) is 1. The Morgan fingerprint density at radius 2 is 1.85 bits per heavy atom. The summed E-state index contributed by atoms with van der Waals surface area (Å²) in [6, 6.07) is 12.1. The first kappa shape index (κ1) is 19.1. The van der Waals surface area contributed by atoms with Crippen molar-refractivity contribution < 1.29 is 9.59 Å². The molecule has 0 bridgehead atoms. The molecule has 27 heavy (non-hydrogen) atoms. The third-order valence-electron chi connectivity index (χ3n) is 5.03. The number of hydrogen-bond donors (Lipinski definition) is 1. The number of piperidine rings is 1. The lowest BCUT2D eigenvalue weighted by molar-refractivity contribution is -0.132. The number of nitrogens with one attached hydrogen (secondary N) is 1. The van der Waals surface area contributed by atoms with E-state index in [4.69, 9.17) is 0 Å². The highest BCUT2D eigenvalue weighted by Gasteiger charge is 2.23. The molecule has 2 heterocycles. The van der Waals surface area contributed by atoms with E-state index in [0.717, 1.165) is 45.3 Å². The molecule has 1 aliphatic rings. The van der Waals surface area contributed by atoms with Crippen molar-refractivity contribution in [2.45, 2.75) is 51.1 Å². The summed E-state index contributed by atoms with van der Waals surface area (Å²) in [6.07, 6.45) is 7.96. The van der Waals surface area contributed by atoms with E-state index < -0.39 is 0 Å². The topological polar surface area (TPSA) is 67.2 Å². The second kappa shape index (κ2) is 9.90. The fourth-order valence-corrected chi connectivity index (χ4v) is 3.46. The lowest BCUT2D eigenvalue weighted by Crippen LogP contribution is -2.46. The molecule has 0 saturated carbocycles. The summed E-state index contributed by atoms with van der Waals surface area (Å²) in [5.41, 5.74) is 1.18. The number of carbonyl (C=O) groups is 2. The Kier molecular flexibility index (Phi) is 7.02.